The zero-order valence-electron chi connectivity index (χ0n) is 26.3. The van der Waals surface area contributed by atoms with Gasteiger partial charge in [0.25, 0.3) is 0 Å². The maximum absolute atomic E-state index is 10.7. The van der Waals surface area contributed by atoms with Crippen molar-refractivity contribution in [1.82, 2.24) is 0 Å². The molecule has 0 saturated carbocycles. The molecule has 4 aromatic rings. The Kier molecular flexibility index (Phi) is 11.0. The fraction of sp³-hybridized carbons (Fsp3) is 0.297. The van der Waals surface area contributed by atoms with Crippen molar-refractivity contribution in [3.8, 4) is 23.0 Å². The second kappa shape index (κ2) is 15.5. The van der Waals surface area contributed by atoms with Crippen molar-refractivity contribution in [2.75, 3.05) is 26.4 Å². The van der Waals surface area contributed by atoms with Crippen LogP contribution in [0.4, 0.5) is 0 Å². The second-order valence-corrected chi connectivity index (χ2v) is 11.6. The van der Waals surface area contributed by atoms with Crippen LogP contribution < -0.4 is 18.9 Å². The van der Waals surface area contributed by atoms with Crippen molar-refractivity contribution < 1.29 is 48.2 Å². The highest BCUT2D eigenvalue weighted by molar-refractivity contribution is 5.68. The van der Waals surface area contributed by atoms with Crippen LogP contribution in [0.2, 0.25) is 0 Å². The van der Waals surface area contributed by atoms with Gasteiger partial charge >= 0.3 is 11.9 Å². The van der Waals surface area contributed by atoms with Gasteiger partial charge in [-0.05, 0) is 97.5 Å². The highest BCUT2D eigenvalue weighted by Crippen LogP contribution is 2.30. The summed E-state index contributed by atoms with van der Waals surface area (Å²) in [5, 5.41) is 17.5. The van der Waals surface area contributed by atoms with Gasteiger partial charge in [0.2, 0.25) is 0 Å². The SMILES string of the molecule is CC1(C)O[C@@H](COc2ccc(Cc3ccc(OCC(=O)O)cc3)cc2)[C@H](COc2ccc(Cc3ccc(OCC(=O)O)cc3)cc2)O1. The molecule has 246 valence electrons. The molecular formula is C37H38O10. The van der Waals surface area contributed by atoms with Crippen molar-refractivity contribution in [2.24, 2.45) is 0 Å². The molecule has 0 unspecified atom stereocenters. The number of benzene rings is 4. The van der Waals surface area contributed by atoms with Crippen LogP contribution >= 0.6 is 0 Å². The van der Waals surface area contributed by atoms with Gasteiger partial charge in [-0.15, -0.1) is 0 Å². The van der Waals surface area contributed by atoms with Crippen LogP contribution in [0.1, 0.15) is 36.1 Å². The predicted molar refractivity (Wildman–Crippen MR) is 172 cm³/mol. The third kappa shape index (κ3) is 10.5. The van der Waals surface area contributed by atoms with Gasteiger partial charge in [0.05, 0.1) is 0 Å². The molecule has 0 spiro atoms. The van der Waals surface area contributed by atoms with Gasteiger partial charge in [-0.3, -0.25) is 0 Å². The molecule has 0 radical (unpaired) electrons. The molecule has 0 aliphatic carbocycles. The molecule has 0 aromatic heterocycles. The monoisotopic (exact) mass is 642 g/mol. The summed E-state index contributed by atoms with van der Waals surface area (Å²) in [6.07, 6.45) is 0.778. The molecule has 2 N–H and O–H groups in total. The molecule has 2 atom stereocenters. The van der Waals surface area contributed by atoms with Crippen molar-refractivity contribution in [3.63, 3.8) is 0 Å². The van der Waals surface area contributed by atoms with E-state index in [4.69, 9.17) is 38.6 Å². The summed E-state index contributed by atoms with van der Waals surface area (Å²) in [5.41, 5.74) is 4.37. The summed E-state index contributed by atoms with van der Waals surface area (Å²) < 4.78 is 34.8. The lowest BCUT2D eigenvalue weighted by Crippen LogP contribution is -2.33. The predicted octanol–water partition coefficient (Wildman–Crippen LogP) is 5.77. The van der Waals surface area contributed by atoms with E-state index in [0.29, 0.717) is 37.6 Å². The van der Waals surface area contributed by atoms with Gasteiger partial charge in [-0.25, -0.2) is 9.59 Å². The number of ether oxygens (including phenoxy) is 6. The molecule has 4 aromatic carbocycles. The molecule has 10 heteroatoms. The second-order valence-electron chi connectivity index (χ2n) is 11.6. The van der Waals surface area contributed by atoms with Crippen LogP contribution in [0.15, 0.2) is 97.1 Å². The van der Waals surface area contributed by atoms with Crippen LogP contribution in [0.25, 0.3) is 0 Å². The van der Waals surface area contributed by atoms with E-state index in [2.05, 4.69) is 0 Å². The van der Waals surface area contributed by atoms with Gasteiger partial charge < -0.3 is 38.6 Å². The minimum Gasteiger partial charge on any atom is -0.491 e. The highest BCUT2D eigenvalue weighted by Gasteiger charge is 2.42. The van der Waals surface area contributed by atoms with Gasteiger partial charge in [0.1, 0.15) is 48.4 Å². The topological polar surface area (TPSA) is 130 Å². The summed E-state index contributed by atoms with van der Waals surface area (Å²) in [6.45, 7) is 3.61. The van der Waals surface area contributed by atoms with E-state index in [1.807, 2.05) is 86.6 Å². The van der Waals surface area contributed by atoms with E-state index in [0.717, 1.165) is 33.8 Å². The maximum atomic E-state index is 10.7. The van der Waals surface area contributed by atoms with Crippen LogP contribution in [0.3, 0.4) is 0 Å². The van der Waals surface area contributed by atoms with Crippen molar-refractivity contribution in [3.05, 3.63) is 119 Å². The molecule has 1 aliphatic rings. The molecule has 1 aliphatic heterocycles. The standard InChI is InChI=1S/C37H38O10/c1-37(2)46-33(21-42-29-11-3-25(4-12-29)19-27-7-15-31(16-8-27)44-23-35(38)39)34(47-37)22-43-30-13-5-26(6-14-30)20-28-9-17-32(18-10-28)45-24-36(40)41/h3-18,33-34H,19-24H2,1-2H3,(H,38,39)(H,40,41)/t33-,34-/m0/s1. The first-order valence-corrected chi connectivity index (χ1v) is 15.3. The molecule has 1 saturated heterocycles. The quantitative estimate of drug-likeness (QED) is 0.155. The summed E-state index contributed by atoms with van der Waals surface area (Å²) in [7, 11) is 0. The van der Waals surface area contributed by atoms with Crippen LogP contribution in [-0.2, 0) is 31.9 Å². The largest absolute Gasteiger partial charge is 0.491 e. The summed E-state index contributed by atoms with van der Waals surface area (Å²) in [6, 6.07) is 30.5. The number of rotatable bonds is 16. The minimum absolute atomic E-state index is 0.299. The number of aliphatic carboxylic acids is 2. The lowest BCUT2D eigenvalue weighted by molar-refractivity contribution is -0.150. The fourth-order valence-electron chi connectivity index (χ4n) is 5.12. The smallest absolute Gasteiger partial charge is 0.341 e. The summed E-state index contributed by atoms with van der Waals surface area (Å²) in [4.78, 5) is 21.3. The highest BCUT2D eigenvalue weighted by atomic mass is 16.8. The number of hydrogen-bond acceptors (Lipinski definition) is 8. The molecule has 1 fully saturated rings. The van der Waals surface area contributed by atoms with E-state index in [1.165, 1.54) is 0 Å². The average molecular weight is 643 g/mol. The zero-order chi connectivity index (χ0) is 33.2. The maximum Gasteiger partial charge on any atom is 0.341 e. The Hall–Kier alpha value is -5.06. The number of carbonyl (C=O) groups is 2. The van der Waals surface area contributed by atoms with Gasteiger partial charge in [-0.1, -0.05) is 48.5 Å². The number of carboxylic acid groups (broad SMARTS) is 2. The molecule has 1 heterocycles. The fourth-order valence-corrected chi connectivity index (χ4v) is 5.12. The molecule has 5 rings (SSSR count). The van der Waals surface area contributed by atoms with Gasteiger partial charge in [0.15, 0.2) is 19.0 Å². The Bertz CT molecular complexity index is 1480. The number of hydrogen-bond donors (Lipinski definition) is 2. The van der Waals surface area contributed by atoms with Crippen LogP contribution in [-0.4, -0.2) is 66.6 Å². The summed E-state index contributed by atoms with van der Waals surface area (Å²) >= 11 is 0. The third-order valence-corrected chi connectivity index (χ3v) is 7.35. The average Bonchev–Trinajstić information content (AvgIpc) is 3.36. The Balaban J connectivity index is 1.08. The van der Waals surface area contributed by atoms with Crippen LogP contribution in [0, 0.1) is 0 Å². The Morgan fingerprint density at radius 2 is 0.809 bits per heavy atom. The molecular weight excluding hydrogens is 604 g/mol. The Morgan fingerprint density at radius 1 is 0.532 bits per heavy atom. The molecule has 0 bridgehead atoms. The van der Waals surface area contributed by atoms with Crippen molar-refractivity contribution in [1.29, 1.82) is 0 Å². The zero-order valence-corrected chi connectivity index (χ0v) is 26.3. The lowest BCUT2D eigenvalue weighted by Gasteiger charge is -2.18. The molecule has 47 heavy (non-hydrogen) atoms. The van der Waals surface area contributed by atoms with Crippen molar-refractivity contribution in [2.45, 2.75) is 44.7 Å². The summed E-state index contributed by atoms with van der Waals surface area (Å²) in [5.74, 6) is -0.308. The van der Waals surface area contributed by atoms with E-state index >= 15 is 0 Å². The first kappa shape index (κ1) is 33.3. The first-order valence-electron chi connectivity index (χ1n) is 15.3. The molecule has 0 amide bonds. The van der Waals surface area contributed by atoms with E-state index < -0.39 is 17.7 Å². The van der Waals surface area contributed by atoms with E-state index in [1.54, 1.807) is 24.3 Å². The minimum atomic E-state index is -1.01. The Labute approximate surface area is 273 Å². The van der Waals surface area contributed by atoms with E-state index in [-0.39, 0.29) is 25.4 Å². The molecule has 10 nitrogen and oxygen atoms in total. The first-order chi connectivity index (χ1) is 22.6. The third-order valence-electron chi connectivity index (χ3n) is 7.35. The van der Waals surface area contributed by atoms with Crippen LogP contribution in [0.5, 0.6) is 23.0 Å². The van der Waals surface area contributed by atoms with Crippen molar-refractivity contribution >= 4 is 11.9 Å². The van der Waals surface area contributed by atoms with Gasteiger partial charge in [-0.2, -0.15) is 0 Å². The normalized spacial score (nSPS) is 16.7. The van der Waals surface area contributed by atoms with E-state index in [9.17, 15) is 9.59 Å². The lowest BCUT2D eigenvalue weighted by atomic mass is 10.0. The van der Waals surface area contributed by atoms with Gasteiger partial charge in [0, 0.05) is 0 Å². The number of carboxylic acids is 2. The Morgan fingerprint density at radius 3 is 1.09 bits per heavy atom.